The van der Waals surface area contributed by atoms with Gasteiger partial charge in [0.25, 0.3) is 0 Å². The van der Waals surface area contributed by atoms with Crippen molar-refractivity contribution in [3.05, 3.63) is 52.3 Å². The normalized spacial score (nSPS) is 20.2. The van der Waals surface area contributed by atoms with E-state index in [4.69, 9.17) is 11.6 Å². The molecule has 1 aromatic carbocycles. The zero-order valence-corrected chi connectivity index (χ0v) is 23.3. The molecule has 5 heterocycles. The summed E-state index contributed by atoms with van der Waals surface area (Å²) in [4.78, 5) is 48.2. The average molecular weight is 604 g/mol. The molecule has 3 aliphatic heterocycles. The number of alkyl halides is 3. The number of carbonyl (C=O) groups excluding carboxylic acids is 3. The number of hydrogen-bond acceptors (Lipinski definition) is 5. The van der Waals surface area contributed by atoms with Crippen LogP contribution in [-0.2, 0) is 29.0 Å². The summed E-state index contributed by atoms with van der Waals surface area (Å²) < 4.78 is 40.5. The molecule has 0 aliphatic carbocycles. The summed E-state index contributed by atoms with van der Waals surface area (Å²) in [7, 11) is 0. The second kappa shape index (κ2) is 11.1. The first-order valence-corrected chi connectivity index (χ1v) is 14.2. The maximum atomic E-state index is 13.5. The molecule has 10 nitrogen and oxygen atoms in total. The molecule has 42 heavy (non-hydrogen) atoms. The topological polar surface area (TPSA) is 115 Å². The largest absolute Gasteiger partial charge is 0.406 e. The maximum absolute atomic E-state index is 13.5. The minimum Gasteiger partial charge on any atom is -0.343 e. The third-order valence-corrected chi connectivity index (χ3v) is 8.71. The smallest absolute Gasteiger partial charge is 0.343 e. The van der Waals surface area contributed by atoms with Gasteiger partial charge in [-0.1, -0.05) is 17.7 Å². The first kappa shape index (κ1) is 28.3. The Kier molecular flexibility index (Phi) is 7.46. The van der Waals surface area contributed by atoms with Crippen LogP contribution in [0.3, 0.4) is 0 Å². The van der Waals surface area contributed by atoms with Crippen molar-refractivity contribution in [3.8, 4) is 0 Å². The molecular weight excluding hydrogens is 575 g/mol. The highest BCUT2D eigenvalue weighted by Gasteiger charge is 2.40. The number of fused-ring (bicyclic) bond motifs is 4. The molecule has 6 rings (SSSR count). The second-order valence-electron chi connectivity index (χ2n) is 11.1. The Labute approximate surface area is 244 Å². The molecule has 3 aromatic rings. The van der Waals surface area contributed by atoms with Crippen LogP contribution in [0.25, 0.3) is 10.9 Å². The van der Waals surface area contributed by atoms with Crippen molar-refractivity contribution in [3.63, 3.8) is 0 Å². The monoisotopic (exact) mass is 603 g/mol. The Hall–Kier alpha value is -3.87. The zero-order chi connectivity index (χ0) is 29.6. The van der Waals surface area contributed by atoms with Gasteiger partial charge in [0.15, 0.2) is 0 Å². The number of halogens is 4. The fourth-order valence-corrected chi connectivity index (χ4v) is 6.60. The number of rotatable bonds is 4. The van der Waals surface area contributed by atoms with Gasteiger partial charge in [0, 0.05) is 50.2 Å². The summed E-state index contributed by atoms with van der Waals surface area (Å²) in [5.41, 5.74) is 2.63. The van der Waals surface area contributed by atoms with Gasteiger partial charge in [-0.05, 0) is 54.5 Å². The number of anilines is 1. The summed E-state index contributed by atoms with van der Waals surface area (Å²) in [6.45, 7) is -0.386. The van der Waals surface area contributed by atoms with Crippen molar-refractivity contribution in [2.75, 3.05) is 31.5 Å². The van der Waals surface area contributed by atoms with E-state index in [-0.39, 0.29) is 37.4 Å². The summed E-state index contributed by atoms with van der Waals surface area (Å²) in [6, 6.07) is 5.11. The average Bonchev–Trinajstić information content (AvgIpc) is 3.34. The molecule has 0 radical (unpaired) electrons. The zero-order valence-electron chi connectivity index (χ0n) is 22.6. The molecule has 2 aromatic heterocycles. The van der Waals surface area contributed by atoms with Gasteiger partial charge in [-0.25, -0.2) is 9.78 Å². The van der Waals surface area contributed by atoms with Gasteiger partial charge in [-0.15, -0.1) is 0 Å². The van der Waals surface area contributed by atoms with Gasteiger partial charge in [0.1, 0.15) is 12.4 Å². The van der Waals surface area contributed by atoms with Gasteiger partial charge in [0.05, 0.1) is 22.7 Å². The van der Waals surface area contributed by atoms with Crippen LogP contribution in [-0.4, -0.2) is 86.1 Å². The van der Waals surface area contributed by atoms with Gasteiger partial charge >= 0.3 is 12.2 Å². The number of nitrogens with zero attached hydrogens (tertiary/aromatic N) is 5. The second-order valence-corrected chi connectivity index (χ2v) is 11.5. The standard InChI is InChI=1S/C28H29ClF3N7O3/c29-22-11-17-10-18(26(41)38(15-28(30,31)32)14-21(17)20-13-34-36-24(20)22)12-23(40)37-7-4-19(5-8-37)39-9-3-16-2-1-6-33-25(16)35-27(39)42/h1-2,6,11,13,18-19H,3-5,7-10,12,14-15H2,(H,34,36)(H,33,35,42)/t18-/m0/s1. The van der Waals surface area contributed by atoms with Crippen LogP contribution in [0.4, 0.5) is 23.8 Å². The fourth-order valence-electron chi connectivity index (χ4n) is 6.32. The van der Waals surface area contributed by atoms with E-state index in [9.17, 15) is 27.6 Å². The molecule has 14 heteroatoms. The van der Waals surface area contributed by atoms with E-state index in [0.29, 0.717) is 71.8 Å². The molecule has 2 N–H and O–H groups in total. The van der Waals surface area contributed by atoms with Crippen molar-refractivity contribution in [2.45, 2.75) is 50.9 Å². The summed E-state index contributed by atoms with van der Waals surface area (Å²) in [5, 5.41) is 10.5. The molecule has 0 unspecified atom stereocenters. The maximum Gasteiger partial charge on any atom is 0.406 e. The lowest BCUT2D eigenvalue weighted by atomic mass is 9.92. The number of carbonyl (C=O) groups is 3. The van der Waals surface area contributed by atoms with Crippen LogP contribution in [0.5, 0.6) is 0 Å². The van der Waals surface area contributed by atoms with Crippen molar-refractivity contribution >= 4 is 46.2 Å². The molecular formula is C28H29ClF3N7O3. The van der Waals surface area contributed by atoms with Gasteiger partial charge in [-0.3, -0.25) is 20.0 Å². The summed E-state index contributed by atoms with van der Waals surface area (Å²) >= 11 is 6.41. The third kappa shape index (κ3) is 5.61. The highest BCUT2D eigenvalue weighted by molar-refractivity contribution is 6.35. The highest BCUT2D eigenvalue weighted by atomic mass is 35.5. The molecule has 0 saturated carbocycles. The third-order valence-electron chi connectivity index (χ3n) is 8.42. The SMILES string of the molecule is O=C(C[C@@H]1Cc2cc(Cl)c3[nH]ncc3c2CN(CC(F)(F)F)C1=O)N1CCC(N2CCc3cccnc3NC2=O)CC1. The van der Waals surface area contributed by atoms with Crippen LogP contribution in [0.2, 0.25) is 5.02 Å². The first-order chi connectivity index (χ1) is 20.1. The molecule has 0 bridgehead atoms. The van der Waals surface area contributed by atoms with Crippen LogP contribution >= 0.6 is 11.6 Å². The van der Waals surface area contributed by atoms with Crippen molar-refractivity contribution in [2.24, 2.45) is 5.92 Å². The van der Waals surface area contributed by atoms with Crippen LogP contribution in [0.15, 0.2) is 30.6 Å². The number of pyridine rings is 1. The molecule has 222 valence electrons. The van der Waals surface area contributed by atoms with E-state index < -0.39 is 24.5 Å². The van der Waals surface area contributed by atoms with E-state index in [2.05, 4.69) is 20.5 Å². The number of amides is 4. The fraction of sp³-hybridized carbons (Fsp3) is 0.464. The lowest BCUT2D eigenvalue weighted by Gasteiger charge is -2.38. The number of likely N-dealkylation sites (tertiary alicyclic amines) is 1. The lowest BCUT2D eigenvalue weighted by molar-refractivity contribution is -0.165. The summed E-state index contributed by atoms with van der Waals surface area (Å²) in [5.74, 6) is -1.42. The van der Waals surface area contributed by atoms with Crippen LogP contribution in [0.1, 0.15) is 36.0 Å². The molecule has 1 saturated heterocycles. The van der Waals surface area contributed by atoms with Crippen LogP contribution in [0, 0.1) is 5.92 Å². The molecule has 1 atom stereocenters. The van der Waals surface area contributed by atoms with Gasteiger partial charge in [-0.2, -0.15) is 18.3 Å². The number of piperidine rings is 1. The quantitative estimate of drug-likeness (QED) is 0.465. The van der Waals surface area contributed by atoms with Crippen LogP contribution < -0.4 is 5.32 Å². The summed E-state index contributed by atoms with van der Waals surface area (Å²) in [6.07, 6.45) is 0.164. The Morgan fingerprint density at radius 3 is 2.69 bits per heavy atom. The van der Waals surface area contributed by atoms with E-state index in [1.165, 1.54) is 6.20 Å². The minimum absolute atomic E-state index is 0.0726. The van der Waals surface area contributed by atoms with E-state index in [0.717, 1.165) is 10.5 Å². The van der Waals surface area contributed by atoms with E-state index >= 15 is 0 Å². The first-order valence-electron chi connectivity index (χ1n) is 13.9. The van der Waals surface area contributed by atoms with Crippen molar-refractivity contribution < 1.29 is 27.6 Å². The number of benzene rings is 1. The molecule has 1 fully saturated rings. The predicted octanol–water partition coefficient (Wildman–Crippen LogP) is 4.15. The van der Waals surface area contributed by atoms with E-state index in [1.54, 1.807) is 22.1 Å². The van der Waals surface area contributed by atoms with E-state index in [1.807, 2.05) is 12.1 Å². The number of aromatic amines is 1. The molecule has 3 aliphatic rings. The number of urea groups is 1. The van der Waals surface area contributed by atoms with Gasteiger partial charge in [0.2, 0.25) is 11.8 Å². The Morgan fingerprint density at radius 1 is 1.14 bits per heavy atom. The predicted molar refractivity (Wildman–Crippen MR) is 148 cm³/mol. The molecule has 0 spiro atoms. The Bertz CT molecular complexity index is 1540. The Balaban J connectivity index is 1.15. The van der Waals surface area contributed by atoms with Crippen molar-refractivity contribution in [1.29, 1.82) is 0 Å². The van der Waals surface area contributed by atoms with Gasteiger partial charge < -0.3 is 14.7 Å². The number of aromatic nitrogens is 3. The number of hydrogen-bond donors (Lipinski definition) is 2. The number of H-pyrrole nitrogens is 1. The van der Waals surface area contributed by atoms with Crippen molar-refractivity contribution in [1.82, 2.24) is 29.9 Å². The number of nitrogens with one attached hydrogen (secondary N) is 2. The lowest BCUT2D eigenvalue weighted by Crippen LogP contribution is -2.50. The Morgan fingerprint density at radius 2 is 1.93 bits per heavy atom. The minimum atomic E-state index is -4.60. The highest BCUT2D eigenvalue weighted by Crippen LogP contribution is 2.35. The molecule has 4 amide bonds.